The van der Waals surface area contributed by atoms with E-state index in [0.29, 0.717) is 12.1 Å². The fraction of sp³-hybridized carbons (Fsp3) is 0.345. The van der Waals surface area contributed by atoms with Crippen molar-refractivity contribution in [2.75, 3.05) is 13.7 Å². The van der Waals surface area contributed by atoms with E-state index in [9.17, 15) is 14.4 Å². The molecule has 36 heavy (non-hydrogen) atoms. The Balaban J connectivity index is 1.69. The van der Waals surface area contributed by atoms with Crippen molar-refractivity contribution in [1.29, 1.82) is 0 Å². The summed E-state index contributed by atoms with van der Waals surface area (Å²) in [6.07, 6.45) is 0.000848. The highest BCUT2D eigenvalue weighted by molar-refractivity contribution is 8.00. The van der Waals surface area contributed by atoms with Crippen molar-refractivity contribution in [3.05, 3.63) is 78.4 Å². The maximum atomic E-state index is 13.5. The molecule has 3 atom stereocenters. The molecule has 1 saturated heterocycles. The Labute approximate surface area is 216 Å². The number of benzene rings is 3. The van der Waals surface area contributed by atoms with E-state index in [0.717, 1.165) is 15.7 Å². The van der Waals surface area contributed by atoms with Crippen molar-refractivity contribution in [3.8, 4) is 0 Å². The van der Waals surface area contributed by atoms with Crippen molar-refractivity contribution in [2.24, 2.45) is 5.92 Å². The first-order chi connectivity index (χ1) is 17.2. The molecule has 1 aliphatic rings. The van der Waals surface area contributed by atoms with Crippen LogP contribution in [0.25, 0.3) is 10.8 Å². The predicted octanol–water partition coefficient (Wildman–Crippen LogP) is 5.35. The van der Waals surface area contributed by atoms with Gasteiger partial charge in [0.2, 0.25) is 0 Å². The third kappa shape index (κ3) is 5.90. The van der Waals surface area contributed by atoms with Crippen molar-refractivity contribution in [3.63, 3.8) is 0 Å². The Morgan fingerprint density at radius 2 is 1.61 bits per heavy atom. The lowest BCUT2D eigenvalue weighted by Gasteiger charge is -2.27. The van der Waals surface area contributed by atoms with Gasteiger partial charge < -0.3 is 14.4 Å². The molecular weight excluding hydrogens is 474 g/mol. The number of amides is 1. The van der Waals surface area contributed by atoms with E-state index in [-0.39, 0.29) is 17.6 Å². The Hall–Kier alpha value is -3.32. The number of hydrogen-bond acceptors (Lipinski definition) is 6. The first-order valence-corrected chi connectivity index (χ1v) is 12.9. The molecule has 0 bridgehead atoms. The van der Waals surface area contributed by atoms with E-state index in [1.807, 2.05) is 45.0 Å². The zero-order valence-electron chi connectivity index (χ0n) is 21.0. The lowest BCUT2D eigenvalue weighted by atomic mass is 9.95. The summed E-state index contributed by atoms with van der Waals surface area (Å²) in [5.41, 5.74) is -0.171. The molecule has 1 aliphatic heterocycles. The molecule has 3 aromatic carbocycles. The lowest BCUT2D eigenvalue weighted by Crippen LogP contribution is -2.44. The number of esters is 2. The van der Waals surface area contributed by atoms with Gasteiger partial charge in [-0.1, -0.05) is 48.5 Å². The van der Waals surface area contributed by atoms with Crippen molar-refractivity contribution in [2.45, 2.75) is 49.0 Å². The van der Waals surface area contributed by atoms with Crippen LogP contribution in [0.15, 0.2) is 77.7 Å². The molecule has 0 saturated carbocycles. The Bertz CT molecular complexity index is 1250. The maximum absolute atomic E-state index is 13.5. The van der Waals surface area contributed by atoms with Crippen LogP contribution in [0.2, 0.25) is 0 Å². The van der Waals surface area contributed by atoms with Crippen LogP contribution >= 0.6 is 11.8 Å². The maximum Gasteiger partial charge on any atom is 0.328 e. The predicted molar refractivity (Wildman–Crippen MR) is 141 cm³/mol. The number of fused-ring (bicyclic) bond motifs is 1. The van der Waals surface area contributed by atoms with Gasteiger partial charge in [-0.05, 0) is 55.8 Å². The van der Waals surface area contributed by atoms with Gasteiger partial charge in [-0.15, -0.1) is 11.8 Å². The number of ether oxygens (including phenoxy) is 2. The van der Waals surface area contributed by atoms with Gasteiger partial charge in [-0.25, -0.2) is 4.79 Å². The number of thioether (sulfide) groups is 1. The quantitative estimate of drug-likeness (QED) is 0.421. The largest absolute Gasteiger partial charge is 0.467 e. The summed E-state index contributed by atoms with van der Waals surface area (Å²) in [7, 11) is 1.31. The van der Waals surface area contributed by atoms with Gasteiger partial charge in [0, 0.05) is 28.2 Å². The van der Waals surface area contributed by atoms with E-state index in [1.165, 1.54) is 7.11 Å². The molecule has 0 aliphatic carbocycles. The number of carbonyl (C=O) groups is 3. The van der Waals surface area contributed by atoms with Gasteiger partial charge in [0.15, 0.2) is 0 Å². The highest BCUT2D eigenvalue weighted by Gasteiger charge is 2.50. The summed E-state index contributed by atoms with van der Waals surface area (Å²) in [6.45, 7) is 5.73. The molecule has 0 aromatic heterocycles. The van der Waals surface area contributed by atoms with Gasteiger partial charge in [0.25, 0.3) is 5.91 Å². The van der Waals surface area contributed by atoms with Crippen molar-refractivity contribution >= 4 is 40.4 Å². The SMILES string of the molecule is COC(=O)[C@@H]1[C@@H](CC(=O)OC(C)(C)C)[C@@H](Sc2ccc3ccccc3c2)CN1C(=O)c1ccccc1. The summed E-state index contributed by atoms with van der Waals surface area (Å²) in [4.78, 5) is 42.0. The molecule has 6 nitrogen and oxygen atoms in total. The average Bonchev–Trinajstić information content (AvgIpc) is 3.19. The molecule has 1 heterocycles. The fourth-order valence-corrected chi connectivity index (χ4v) is 5.96. The van der Waals surface area contributed by atoms with E-state index >= 15 is 0 Å². The standard InChI is InChI=1S/C29H31NO5S/c1-29(2,3)35-25(31)17-23-24(36-22-15-14-19-10-8-9-13-21(19)16-22)18-30(26(23)28(33)34-4)27(32)20-11-6-5-7-12-20/h5-16,23-24,26H,17-18H2,1-4H3/t23-,24-,26-/m0/s1. The van der Waals surface area contributed by atoms with Crippen molar-refractivity contribution < 1.29 is 23.9 Å². The molecule has 4 rings (SSSR count). The van der Waals surface area contributed by atoms with Crippen LogP contribution in [0.3, 0.4) is 0 Å². The van der Waals surface area contributed by atoms with Gasteiger partial charge >= 0.3 is 11.9 Å². The molecule has 3 aromatic rings. The van der Waals surface area contributed by atoms with Crippen LogP contribution in [0.1, 0.15) is 37.6 Å². The minimum Gasteiger partial charge on any atom is -0.467 e. The smallest absolute Gasteiger partial charge is 0.328 e. The zero-order chi connectivity index (χ0) is 25.9. The van der Waals surface area contributed by atoms with Crippen LogP contribution in [-0.4, -0.2) is 53.3 Å². The number of hydrogen-bond donors (Lipinski definition) is 0. The summed E-state index contributed by atoms with van der Waals surface area (Å²) < 4.78 is 10.7. The number of nitrogens with zero attached hydrogens (tertiary/aromatic N) is 1. The summed E-state index contributed by atoms with van der Waals surface area (Å²) in [5.74, 6) is -1.67. The fourth-order valence-electron chi connectivity index (χ4n) is 4.61. The normalized spacial score (nSPS) is 19.8. The topological polar surface area (TPSA) is 72.9 Å². The molecule has 7 heteroatoms. The monoisotopic (exact) mass is 505 g/mol. The highest BCUT2D eigenvalue weighted by Crippen LogP contribution is 2.41. The number of methoxy groups -OCH3 is 1. The summed E-state index contributed by atoms with van der Waals surface area (Å²) >= 11 is 1.57. The van der Waals surface area contributed by atoms with Crippen LogP contribution in [-0.2, 0) is 19.1 Å². The van der Waals surface area contributed by atoms with E-state index in [2.05, 4.69) is 24.3 Å². The molecule has 0 radical (unpaired) electrons. The van der Waals surface area contributed by atoms with E-state index < -0.39 is 29.5 Å². The summed E-state index contributed by atoms with van der Waals surface area (Å²) in [5, 5.41) is 2.02. The molecule has 1 amide bonds. The van der Waals surface area contributed by atoms with Gasteiger partial charge in [0.1, 0.15) is 11.6 Å². The van der Waals surface area contributed by atoms with Gasteiger partial charge in [-0.3, -0.25) is 9.59 Å². The van der Waals surface area contributed by atoms with E-state index in [1.54, 1.807) is 40.9 Å². The Kier molecular flexibility index (Phi) is 7.69. The van der Waals surface area contributed by atoms with Crippen molar-refractivity contribution in [1.82, 2.24) is 4.90 Å². The third-order valence-electron chi connectivity index (χ3n) is 6.15. The number of carbonyl (C=O) groups excluding carboxylic acids is 3. The van der Waals surface area contributed by atoms with Gasteiger partial charge in [-0.2, -0.15) is 0 Å². The third-order valence-corrected chi connectivity index (χ3v) is 7.48. The Morgan fingerprint density at radius 1 is 0.944 bits per heavy atom. The molecule has 1 fully saturated rings. The first kappa shape index (κ1) is 25.8. The minimum atomic E-state index is -0.895. The second kappa shape index (κ2) is 10.7. The number of rotatable bonds is 6. The second-order valence-electron chi connectivity index (χ2n) is 9.91. The van der Waals surface area contributed by atoms with E-state index in [4.69, 9.17) is 9.47 Å². The van der Waals surface area contributed by atoms with Crippen LogP contribution in [0.4, 0.5) is 0 Å². The molecular formula is C29H31NO5S. The molecule has 0 N–H and O–H groups in total. The molecule has 188 valence electrons. The minimum absolute atomic E-state index is 0.000848. The van der Waals surface area contributed by atoms with Gasteiger partial charge in [0.05, 0.1) is 13.5 Å². The molecule has 0 unspecified atom stereocenters. The second-order valence-corrected chi connectivity index (χ2v) is 11.2. The highest BCUT2D eigenvalue weighted by atomic mass is 32.2. The van der Waals surface area contributed by atoms with Crippen LogP contribution < -0.4 is 0 Å². The zero-order valence-corrected chi connectivity index (χ0v) is 21.8. The number of likely N-dealkylation sites (tertiary alicyclic amines) is 1. The average molecular weight is 506 g/mol. The Morgan fingerprint density at radius 3 is 2.28 bits per heavy atom. The van der Waals surface area contributed by atoms with Crippen LogP contribution in [0, 0.1) is 5.92 Å². The van der Waals surface area contributed by atoms with Crippen LogP contribution in [0.5, 0.6) is 0 Å². The molecule has 0 spiro atoms. The first-order valence-electron chi connectivity index (χ1n) is 12.0. The lowest BCUT2D eigenvalue weighted by molar-refractivity contribution is -0.157. The summed E-state index contributed by atoms with van der Waals surface area (Å²) in [6, 6.07) is 22.2.